The summed E-state index contributed by atoms with van der Waals surface area (Å²) in [6.45, 7) is 1.66. The minimum absolute atomic E-state index is 0.0118. The summed E-state index contributed by atoms with van der Waals surface area (Å²) in [6, 6.07) is 10.3. The second-order valence-corrected chi connectivity index (χ2v) is 11.0. The maximum atomic E-state index is 13.3. The molecule has 1 amide bonds. The Labute approximate surface area is 260 Å². The summed E-state index contributed by atoms with van der Waals surface area (Å²) < 4.78 is 92.2. The summed E-state index contributed by atoms with van der Waals surface area (Å²) >= 11 is 0. The summed E-state index contributed by atoms with van der Waals surface area (Å²) in [6.07, 6.45) is -7.22. The zero-order valence-corrected chi connectivity index (χ0v) is 24.8. The topological polar surface area (TPSA) is 107 Å². The third-order valence-corrected chi connectivity index (χ3v) is 7.90. The molecule has 3 aromatic rings. The molecule has 14 heteroatoms. The van der Waals surface area contributed by atoms with Gasteiger partial charge in [-0.3, -0.25) is 4.79 Å². The lowest BCUT2D eigenvalue weighted by atomic mass is 9.77. The molecule has 0 saturated carbocycles. The molecule has 0 radical (unpaired) electrons. The lowest BCUT2D eigenvalue weighted by Crippen LogP contribution is -2.43. The van der Waals surface area contributed by atoms with Crippen LogP contribution in [0.15, 0.2) is 60.8 Å². The van der Waals surface area contributed by atoms with Crippen LogP contribution < -0.4 is 14.8 Å². The number of halogens is 6. The number of pyridine rings is 1. The second kappa shape index (κ2) is 14.3. The summed E-state index contributed by atoms with van der Waals surface area (Å²) in [5.41, 5.74) is 0.111. The van der Waals surface area contributed by atoms with E-state index in [1.807, 2.05) is 0 Å². The molecule has 1 aliphatic heterocycles. The Morgan fingerprint density at radius 3 is 2.22 bits per heavy atom. The molecule has 248 valence electrons. The summed E-state index contributed by atoms with van der Waals surface area (Å²) in [4.78, 5) is 30.2. The number of carbonyl (C=O) groups is 2. The highest BCUT2D eigenvalue weighted by Crippen LogP contribution is 2.35. The summed E-state index contributed by atoms with van der Waals surface area (Å²) in [5.74, 6) is -3.10. The van der Waals surface area contributed by atoms with Gasteiger partial charge in [-0.25, -0.2) is 9.78 Å². The average molecular weight is 655 g/mol. The van der Waals surface area contributed by atoms with Crippen molar-refractivity contribution < 1.29 is 55.2 Å². The molecule has 46 heavy (non-hydrogen) atoms. The van der Waals surface area contributed by atoms with Gasteiger partial charge in [0.1, 0.15) is 17.9 Å². The minimum atomic E-state index is -4.86. The van der Waals surface area contributed by atoms with E-state index in [4.69, 9.17) is 9.47 Å². The SMILES string of the molecule is COc1ccnc(C(=O)N[C@H]2CCC[C@H](Cc3ccc(C(F)(F)F)cc3)[C@@H](Cc3ccc(OC(F)(F)F)cc3)[C@H](C)OC2=O)c1O. The van der Waals surface area contributed by atoms with Crippen LogP contribution >= 0.6 is 0 Å². The highest BCUT2D eigenvalue weighted by atomic mass is 19.4. The van der Waals surface area contributed by atoms with Gasteiger partial charge in [0.25, 0.3) is 5.91 Å². The molecule has 0 aliphatic carbocycles. The number of alkyl halides is 6. The standard InChI is InChI=1S/C32H32F6N2O6/c1-18-24(17-20-8-12-23(13-9-20)46-32(36,37)38)21(16-19-6-10-22(11-7-19)31(33,34)35)4-3-5-25(30(43)45-18)40-29(42)27-28(41)26(44-2)14-15-39-27/h6-15,18,21,24-25,41H,3-5,16-17H2,1-2H3,(H,40,42)/t18-,21+,24-,25-/m0/s1. The zero-order valence-electron chi connectivity index (χ0n) is 24.8. The van der Waals surface area contributed by atoms with Crippen LogP contribution in [0.1, 0.15) is 53.4 Å². The Morgan fingerprint density at radius 2 is 1.61 bits per heavy atom. The maximum absolute atomic E-state index is 13.3. The molecule has 0 bridgehead atoms. The number of aromatic nitrogens is 1. The number of amides is 1. The predicted octanol–water partition coefficient (Wildman–Crippen LogP) is 6.65. The fourth-order valence-corrected chi connectivity index (χ4v) is 5.59. The number of nitrogens with one attached hydrogen (secondary N) is 1. The predicted molar refractivity (Wildman–Crippen MR) is 152 cm³/mol. The molecule has 4 atom stereocenters. The highest BCUT2D eigenvalue weighted by Gasteiger charge is 2.36. The number of hydrogen-bond acceptors (Lipinski definition) is 7. The number of ether oxygens (including phenoxy) is 3. The summed E-state index contributed by atoms with van der Waals surface area (Å²) in [5, 5.41) is 12.9. The van der Waals surface area contributed by atoms with Crippen molar-refractivity contribution in [2.75, 3.05) is 7.11 Å². The van der Waals surface area contributed by atoms with Crippen LogP contribution in [0.2, 0.25) is 0 Å². The molecular formula is C32H32F6N2O6. The smallest absolute Gasteiger partial charge is 0.503 e. The minimum Gasteiger partial charge on any atom is -0.503 e. The number of rotatable bonds is 8. The monoisotopic (exact) mass is 654 g/mol. The lowest BCUT2D eigenvalue weighted by Gasteiger charge is -2.31. The van der Waals surface area contributed by atoms with E-state index in [1.165, 1.54) is 55.8 Å². The molecule has 4 rings (SSSR count). The molecule has 2 heterocycles. The molecule has 1 saturated heterocycles. The zero-order chi connectivity index (χ0) is 33.6. The van der Waals surface area contributed by atoms with Crippen LogP contribution in [0.5, 0.6) is 17.2 Å². The van der Waals surface area contributed by atoms with E-state index in [0.717, 1.165) is 12.1 Å². The van der Waals surface area contributed by atoms with E-state index < -0.39 is 59.5 Å². The van der Waals surface area contributed by atoms with Gasteiger partial charge in [-0.05, 0) is 73.9 Å². The number of carbonyl (C=O) groups excluding carboxylic acids is 2. The van der Waals surface area contributed by atoms with Gasteiger partial charge < -0.3 is 24.6 Å². The van der Waals surface area contributed by atoms with E-state index in [0.29, 0.717) is 30.4 Å². The molecule has 8 nitrogen and oxygen atoms in total. The molecule has 1 fully saturated rings. The number of nitrogens with zero attached hydrogens (tertiary/aromatic N) is 1. The Hall–Kier alpha value is -4.49. The van der Waals surface area contributed by atoms with Gasteiger partial charge in [0, 0.05) is 18.2 Å². The number of benzene rings is 2. The van der Waals surface area contributed by atoms with Crippen molar-refractivity contribution in [3.05, 3.63) is 83.2 Å². The van der Waals surface area contributed by atoms with Crippen LogP contribution in [0.3, 0.4) is 0 Å². The van der Waals surface area contributed by atoms with Crippen molar-refractivity contribution in [2.24, 2.45) is 11.8 Å². The van der Waals surface area contributed by atoms with Crippen molar-refractivity contribution in [1.82, 2.24) is 10.3 Å². The van der Waals surface area contributed by atoms with E-state index >= 15 is 0 Å². The molecule has 1 aliphatic rings. The first-order valence-electron chi connectivity index (χ1n) is 14.4. The van der Waals surface area contributed by atoms with Crippen molar-refractivity contribution in [1.29, 1.82) is 0 Å². The van der Waals surface area contributed by atoms with Crippen molar-refractivity contribution >= 4 is 11.9 Å². The van der Waals surface area contributed by atoms with E-state index in [2.05, 4.69) is 15.0 Å². The van der Waals surface area contributed by atoms with Crippen LogP contribution in [0.25, 0.3) is 0 Å². The molecule has 1 aromatic heterocycles. The average Bonchev–Trinajstić information content (AvgIpc) is 3.02. The molecule has 0 spiro atoms. The van der Waals surface area contributed by atoms with Crippen LogP contribution in [-0.4, -0.2) is 47.6 Å². The first-order chi connectivity index (χ1) is 21.6. The quantitative estimate of drug-likeness (QED) is 0.207. The second-order valence-electron chi connectivity index (χ2n) is 11.0. The van der Waals surface area contributed by atoms with Gasteiger partial charge >= 0.3 is 18.5 Å². The van der Waals surface area contributed by atoms with Crippen LogP contribution in [0, 0.1) is 11.8 Å². The fourth-order valence-electron chi connectivity index (χ4n) is 5.59. The lowest BCUT2D eigenvalue weighted by molar-refractivity contribution is -0.274. The van der Waals surface area contributed by atoms with Gasteiger partial charge in [-0.15, -0.1) is 13.2 Å². The number of methoxy groups -OCH3 is 1. The number of aromatic hydroxyl groups is 1. The highest BCUT2D eigenvalue weighted by molar-refractivity contribution is 5.97. The normalized spacial score (nSPS) is 20.9. The molecule has 2 N–H and O–H groups in total. The van der Waals surface area contributed by atoms with Gasteiger partial charge in [0.2, 0.25) is 0 Å². The van der Waals surface area contributed by atoms with Crippen LogP contribution in [-0.2, 0) is 28.5 Å². The van der Waals surface area contributed by atoms with Gasteiger partial charge in [-0.1, -0.05) is 30.7 Å². The van der Waals surface area contributed by atoms with E-state index in [1.54, 1.807) is 6.92 Å². The number of hydrogen-bond donors (Lipinski definition) is 2. The van der Waals surface area contributed by atoms with Gasteiger partial charge in [0.15, 0.2) is 17.2 Å². The Kier molecular flexibility index (Phi) is 10.7. The van der Waals surface area contributed by atoms with Crippen LogP contribution in [0.4, 0.5) is 26.3 Å². The molecule has 2 aromatic carbocycles. The van der Waals surface area contributed by atoms with Gasteiger partial charge in [0.05, 0.1) is 12.7 Å². The van der Waals surface area contributed by atoms with E-state index in [-0.39, 0.29) is 30.2 Å². The Bertz CT molecular complexity index is 1490. The van der Waals surface area contributed by atoms with Gasteiger partial charge in [-0.2, -0.15) is 13.2 Å². The fraction of sp³-hybridized carbons (Fsp3) is 0.406. The third kappa shape index (κ3) is 9.04. The van der Waals surface area contributed by atoms with Crippen molar-refractivity contribution in [3.8, 4) is 17.2 Å². The first kappa shape index (κ1) is 34.4. The Morgan fingerprint density at radius 1 is 0.978 bits per heavy atom. The number of cyclic esters (lactones) is 1. The first-order valence-corrected chi connectivity index (χ1v) is 14.4. The molecule has 0 unspecified atom stereocenters. The summed E-state index contributed by atoms with van der Waals surface area (Å²) in [7, 11) is 1.30. The molecular weight excluding hydrogens is 622 g/mol. The van der Waals surface area contributed by atoms with Crippen molar-refractivity contribution in [3.63, 3.8) is 0 Å². The largest absolute Gasteiger partial charge is 0.573 e. The maximum Gasteiger partial charge on any atom is 0.573 e. The van der Waals surface area contributed by atoms with E-state index in [9.17, 15) is 41.0 Å². The Balaban J connectivity index is 1.58. The van der Waals surface area contributed by atoms with Crippen molar-refractivity contribution in [2.45, 2.75) is 63.7 Å². The third-order valence-electron chi connectivity index (χ3n) is 7.90. The number of esters is 1.